The first-order valence-electron chi connectivity index (χ1n) is 13.4. The molecule has 184 valence electrons. The van der Waals surface area contributed by atoms with E-state index < -0.39 is 0 Å². The second kappa shape index (κ2) is 8.71. The Balaban J connectivity index is 1.49. The Labute approximate surface area is 226 Å². The van der Waals surface area contributed by atoms with Crippen molar-refractivity contribution in [2.45, 2.75) is 0 Å². The topological polar surface area (TPSA) is 29.9 Å². The molecule has 3 heterocycles. The highest BCUT2D eigenvalue weighted by molar-refractivity contribution is 6.20. The van der Waals surface area contributed by atoms with Crippen molar-refractivity contribution in [3.8, 4) is 16.9 Å². The number of benzene rings is 5. The van der Waals surface area contributed by atoms with Crippen molar-refractivity contribution < 1.29 is 0 Å². The molecule has 0 aliphatic carbocycles. The quantitative estimate of drug-likeness (QED) is 0.264. The fourth-order valence-electron chi connectivity index (χ4n) is 6.01. The first-order chi connectivity index (χ1) is 19.3. The van der Waals surface area contributed by atoms with Crippen molar-refractivity contribution in [1.29, 1.82) is 0 Å². The minimum absolute atomic E-state index is 0.858. The third kappa shape index (κ3) is 3.48. The van der Waals surface area contributed by atoms with Crippen LogP contribution in [0.4, 0.5) is 0 Å². The van der Waals surface area contributed by atoms with E-state index >= 15 is 0 Å². The Kier molecular flexibility index (Phi) is 4.89. The van der Waals surface area contributed by atoms with Crippen LogP contribution in [0.15, 0.2) is 134 Å². The smallest absolute Gasteiger partial charge is 0.0702 e. The van der Waals surface area contributed by atoms with Gasteiger partial charge in [-0.3, -0.25) is 4.98 Å². The van der Waals surface area contributed by atoms with Gasteiger partial charge in [-0.2, -0.15) is 0 Å². The Bertz CT molecular complexity index is 2110. The molecular weight excluding hydrogens is 474 g/mol. The van der Waals surface area contributed by atoms with Crippen molar-refractivity contribution >= 4 is 49.0 Å². The fourth-order valence-corrected chi connectivity index (χ4v) is 6.01. The van der Waals surface area contributed by atoms with Crippen LogP contribution in [0.2, 0.25) is 0 Å². The lowest BCUT2D eigenvalue weighted by molar-refractivity contribution is 0.996. The third-order valence-electron chi connectivity index (χ3n) is 7.83. The lowest BCUT2D eigenvalue weighted by Crippen LogP contribution is -2.14. The van der Waals surface area contributed by atoms with Gasteiger partial charge in [0.15, 0.2) is 0 Å². The number of fused-ring (bicyclic) bond motifs is 6. The highest BCUT2D eigenvalue weighted by Crippen LogP contribution is 2.40. The fraction of sp³-hybridized carbons (Fsp3) is 0.0278. The lowest BCUT2D eigenvalue weighted by atomic mass is 10.0. The first kappa shape index (κ1) is 21.9. The minimum Gasteiger partial charge on any atom is -0.381 e. The van der Waals surface area contributed by atoms with Crippen LogP contribution in [0.5, 0.6) is 0 Å². The van der Waals surface area contributed by atoms with Gasteiger partial charge >= 0.3 is 0 Å². The summed E-state index contributed by atoms with van der Waals surface area (Å²) in [6.07, 6.45) is 8.26. The zero-order valence-electron chi connectivity index (χ0n) is 21.3. The maximum atomic E-state index is 4.64. The molecule has 39 heavy (non-hydrogen) atoms. The standard InChI is InChI=1S/C36H25N3/c1-2-10-28-24(8-1)9-7-13-34(28)39-35-23-27(33-12-4-6-21-38-33)16-18-30(35)31-19-14-25-22-26(15-17-29(25)36(31)39)32-11-3-5-20-37-32/h1-19,21-23,37H,20H2. The van der Waals surface area contributed by atoms with Crippen molar-refractivity contribution in [3.63, 3.8) is 0 Å². The summed E-state index contributed by atoms with van der Waals surface area (Å²) in [5, 5.41) is 10.9. The minimum atomic E-state index is 0.858. The number of allylic oxidation sites excluding steroid dienone is 2. The molecule has 7 aromatic rings. The summed E-state index contributed by atoms with van der Waals surface area (Å²) in [7, 11) is 0. The summed E-state index contributed by atoms with van der Waals surface area (Å²) in [5.74, 6) is 0. The number of hydrogen-bond acceptors (Lipinski definition) is 2. The molecule has 2 aromatic heterocycles. The number of aromatic nitrogens is 2. The monoisotopic (exact) mass is 499 g/mol. The molecule has 0 unspecified atom stereocenters. The Morgan fingerprint density at radius 2 is 1.49 bits per heavy atom. The molecule has 0 spiro atoms. The second-order valence-electron chi connectivity index (χ2n) is 10.1. The second-order valence-corrected chi connectivity index (χ2v) is 10.1. The molecule has 0 bridgehead atoms. The Hall–Kier alpha value is -5.15. The van der Waals surface area contributed by atoms with Gasteiger partial charge in [0.2, 0.25) is 0 Å². The lowest BCUT2D eigenvalue weighted by Gasteiger charge is -2.15. The SMILES string of the molecule is C1=CCNC(c2ccc3c(ccc4c5ccc(-c6ccccn6)cc5n(-c5cccc6ccccc56)c34)c2)=C1. The van der Waals surface area contributed by atoms with Gasteiger partial charge in [-0.05, 0) is 52.7 Å². The normalized spacial score (nSPS) is 13.3. The molecule has 0 saturated heterocycles. The molecule has 1 N–H and O–H groups in total. The molecule has 0 atom stereocenters. The Morgan fingerprint density at radius 1 is 0.641 bits per heavy atom. The maximum Gasteiger partial charge on any atom is 0.0702 e. The van der Waals surface area contributed by atoms with E-state index in [0.29, 0.717) is 0 Å². The van der Waals surface area contributed by atoms with Gasteiger partial charge in [0.05, 0.1) is 22.4 Å². The molecule has 3 nitrogen and oxygen atoms in total. The number of dihydropyridines is 1. The molecule has 8 rings (SSSR count). The number of nitrogens with one attached hydrogen (secondary N) is 1. The highest BCUT2D eigenvalue weighted by atomic mass is 15.0. The molecule has 0 amide bonds. The summed E-state index contributed by atoms with van der Waals surface area (Å²) >= 11 is 0. The average molecular weight is 500 g/mol. The molecule has 0 fully saturated rings. The molecule has 0 radical (unpaired) electrons. The van der Waals surface area contributed by atoms with Crippen LogP contribution in [-0.2, 0) is 0 Å². The summed E-state index contributed by atoms with van der Waals surface area (Å²) in [5.41, 5.74) is 8.06. The van der Waals surface area contributed by atoms with E-state index in [1.165, 1.54) is 54.6 Å². The Morgan fingerprint density at radius 3 is 2.38 bits per heavy atom. The van der Waals surface area contributed by atoms with Crippen molar-refractivity contribution in [3.05, 3.63) is 139 Å². The van der Waals surface area contributed by atoms with Gasteiger partial charge in [0, 0.05) is 45.5 Å². The number of rotatable bonds is 3. The zero-order valence-corrected chi connectivity index (χ0v) is 21.3. The van der Waals surface area contributed by atoms with Crippen molar-refractivity contribution in [2.24, 2.45) is 0 Å². The van der Waals surface area contributed by atoms with Gasteiger partial charge in [-0.25, -0.2) is 0 Å². The van der Waals surface area contributed by atoms with E-state index in [1.54, 1.807) is 0 Å². The predicted octanol–water partition coefficient (Wildman–Crippen LogP) is 8.65. The maximum absolute atomic E-state index is 4.64. The molecule has 1 aliphatic rings. The van der Waals surface area contributed by atoms with E-state index in [2.05, 4.69) is 130 Å². The van der Waals surface area contributed by atoms with Crippen LogP contribution in [-0.4, -0.2) is 16.1 Å². The number of nitrogens with zero attached hydrogens (tertiary/aromatic N) is 2. The summed E-state index contributed by atoms with van der Waals surface area (Å²) in [6, 6.07) is 39.5. The van der Waals surface area contributed by atoms with E-state index in [1.807, 2.05) is 18.3 Å². The molecule has 3 heteroatoms. The van der Waals surface area contributed by atoms with Crippen LogP contribution in [0.3, 0.4) is 0 Å². The molecule has 0 saturated carbocycles. The van der Waals surface area contributed by atoms with Gasteiger partial charge in [0.1, 0.15) is 0 Å². The van der Waals surface area contributed by atoms with Crippen molar-refractivity contribution in [1.82, 2.24) is 14.9 Å². The largest absolute Gasteiger partial charge is 0.381 e. The van der Waals surface area contributed by atoms with Crippen LogP contribution in [0.25, 0.3) is 66.0 Å². The van der Waals surface area contributed by atoms with Gasteiger partial charge in [-0.1, -0.05) is 91.0 Å². The molecule has 1 aliphatic heterocycles. The first-order valence-corrected chi connectivity index (χ1v) is 13.4. The van der Waals surface area contributed by atoms with Gasteiger partial charge in [0.25, 0.3) is 0 Å². The van der Waals surface area contributed by atoms with Gasteiger partial charge in [-0.15, -0.1) is 0 Å². The summed E-state index contributed by atoms with van der Waals surface area (Å²) in [4.78, 5) is 4.64. The number of pyridine rings is 1. The van der Waals surface area contributed by atoms with Crippen LogP contribution < -0.4 is 5.32 Å². The number of hydrogen-bond donors (Lipinski definition) is 1. The van der Waals surface area contributed by atoms with E-state index in [-0.39, 0.29) is 0 Å². The average Bonchev–Trinajstić information content (AvgIpc) is 3.35. The van der Waals surface area contributed by atoms with E-state index in [4.69, 9.17) is 0 Å². The van der Waals surface area contributed by atoms with E-state index in [0.717, 1.165) is 23.5 Å². The predicted molar refractivity (Wildman–Crippen MR) is 164 cm³/mol. The summed E-state index contributed by atoms with van der Waals surface area (Å²) in [6.45, 7) is 0.858. The third-order valence-corrected chi connectivity index (χ3v) is 7.83. The van der Waals surface area contributed by atoms with Crippen molar-refractivity contribution in [2.75, 3.05) is 6.54 Å². The summed E-state index contributed by atoms with van der Waals surface area (Å²) < 4.78 is 2.46. The van der Waals surface area contributed by atoms with Gasteiger partial charge < -0.3 is 9.88 Å². The van der Waals surface area contributed by atoms with Crippen LogP contribution in [0.1, 0.15) is 5.56 Å². The van der Waals surface area contributed by atoms with Crippen LogP contribution in [0, 0.1) is 0 Å². The van der Waals surface area contributed by atoms with E-state index in [9.17, 15) is 0 Å². The van der Waals surface area contributed by atoms with Crippen LogP contribution >= 0.6 is 0 Å². The highest BCUT2D eigenvalue weighted by Gasteiger charge is 2.18. The zero-order chi connectivity index (χ0) is 25.8. The molecule has 5 aromatic carbocycles. The molecular formula is C36H25N3.